The van der Waals surface area contributed by atoms with Crippen molar-refractivity contribution in [2.45, 2.75) is 13.1 Å². The molecule has 4 aromatic rings. The second-order valence-electron chi connectivity index (χ2n) is 7.32. The number of hydrogen-bond donors (Lipinski definition) is 1. The van der Waals surface area contributed by atoms with Gasteiger partial charge in [0.2, 0.25) is 0 Å². The Bertz CT molecular complexity index is 1220. The Balaban J connectivity index is 1.70. The molecular formula is C25H22N2O4. The van der Waals surface area contributed by atoms with E-state index in [4.69, 9.17) is 4.74 Å². The Morgan fingerprint density at radius 3 is 2.26 bits per heavy atom. The van der Waals surface area contributed by atoms with Gasteiger partial charge < -0.3 is 14.7 Å². The van der Waals surface area contributed by atoms with Crippen LogP contribution < -0.4 is 9.64 Å². The number of anilines is 1. The minimum Gasteiger partial charge on any atom is -0.508 e. The predicted molar refractivity (Wildman–Crippen MR) is 122 cm³/mol. The van der Waals surface area contributed by atoms with Crippen LogP contribution in [-0.4, -0.2) is 17.1 Å². The largest absolute Gasteiger partial charge is 0.508 e. The van der Waals surface area contributed by atoms with Crippen molar-refractivity contribution < 1.29 is 14.8 Å². The van der Waals surface area contributed by atoms with Crippen LogP contribution in [0.15, 0.2) is 84.9 Å². The molecule has 0 saturated carbocycles. The molecule has 0 amide bonds. The van der Waals surface area contributed by atoms with E-state index in [1.54, 1.807) is 31.4 Å². The van der Waals surface area contributed by atoms with Gasteiger partial charge in [-0.3, -0.25) is 10.1 Å². The van der Waals surface area contributed by atoms with Crippen LogP contribution in [0.1, 0.15) is 11.1 Å². The van der Waals surface area contributed by atoms with E-state index in [1.807, 2.05) is 18.2 Å². The highest BCUT2D eigenvalue weighted by Crippen LogP contribution is 2.34. The number of nitro benzene ring substituents is 1. The van der Waals surface area contributed by atoms with Gasteiger partial charge in [0.15, 0.2) is 0 Å². The number of aromatic hydroxyl groups is 1. The first-order valence-electron chi connectivity index (χ1n) is 9.86. The summed E-state index contributed by atoms with van der Waals surface area (Å²) in [6.45, 7) is 1.12. The zero-order valence-corrected chi connectivity index (χ0v) is 17.1. The number of ether oxygens (including phenoxy) is 1. The standard InChI is InChI=1S/C25H22N2O4/c1-31-25-15-23(28)12-13-24(25)26(16-18-7-10-22(11-8-18)27(29)30)17-19-6-9-20-4-2-3-5-21(20)14-19/h2-15,28H,16-17H2,1H3. The van der Waals surface area contributed by atoms with E-state index in [0.717, 1.165) is 22.2 Å². The van der Waals surface area contributed by atoms with Gasteiger partial charge >= 0.3 is 0 Å². The van der Waals surface area contributed by atoms with Gasteiger partial charge in [0, 0.05) is 31.3 Å². The van der Waals surface area contributed by atoms with Crippen LogP contribution in [0.5, 0.6) is 11.5 Å². The van der Waals surface area contributed by atoms with Crippen LogP contribution in [0.3, 0.4) is 0 Å². The third kappa shape index (κ3) is 4.59. The lowest BCUT2D eigenvalue weighted by molar-refractivity contribution is -0.384. The highest BCUT2D eigenvalue weighted by Gasteiger charge is 2.15. The van der Waals surface area contributed by atoms with E-state index >= 15 is 0 Å². The fourth-order valence-corrected chi connectivity index (χ4v) is 3.65. The highest BCUT2D eigenvalue weighted by molar-refractivity contribution is 5.83. The molecule has 6 heteroatoms. The maximum Gasteiger partial charge on any atom is 0.269 e. The Morgan fingerprint density at radius 1 is 0.871 bits per heavy atom. The summed E-state index contributed by atoms with van der Waals surface area (Å²) < 4.78 is 5.51. The third-order valence-electron chi connectivity index (χ3n) is 5.21. The van der Waals surface area contributed by atoms with E-state index in [2.05, 4.69) is 35.2 Å². The fourth-order valence-electron chi connectivity index (χ4n) is 3.65. The van der Waals surface area contributed by atoms with Crippen LogP contribution in [0, 0.1) is 10.1 Å². The Hall–Kier alpha value is -4.06. The van der Waals surface area contributed by atoms with Crippen molar-refractivity contribution in [3.05, 3.63) is 106 Å². The van der Waals surface area contributed by atoms with Gasteiger partial charge in [-0.1, -0.05) is 48.5 Å². The number of methoxy groups -OCH3 is 1. The molecule has 0 radical (unpaired) electrons. The molecule has 1 N–H and O–H groups in total. The lowest BCUT2D eigenvalue weighted by atomic mass is 10.1. The molecule has 156 valence electrons. The predicted octanol–water partition coefficient (Wildman–Crippen LogP) is 5.67. The van der Waals surface area contributed by atoms with Crippen LogP contribution in [0.2, 0.25) is 0 Å². The highest BCUT2D eigenvalue weighted by atomic mass is 16.6. The summed E-state index contributed by atoms with van der Waals surface area (Å²) in [5, 5.41) is 23.2. The van der Waals surface area contributed by atoms with Crippen LogP contribution in [-0.2, 0) is 13.1 Å². The van der Waals surface area contributed by atoms with Crippen LogP contribution in [0.25, 0.3) is 10.8 Å². The molecule has 0 saturated heterocycles. The van der Waals surface area contributed by atoms with E-state index < -0.39 is 4.92 Å². The summed E-state index contributed by atoms with van der Waals surface area (Å²) >= 11 is 0. The second-order valence-corrected chi connectivity index (χ2v) is 7.32. The lowest BCUT2D eigenvalue weighted by Crippen LogP contribution is -2.22. The summed E-state index contributed by atoms with van der Waals surface area (Å²) in [6, 6.07) is 26.1. The molecule has 4 rings (SSSR count). The molecule has 0 fully saturated rings. The number of fused-ring (bicyclic) bond motifs is 1. The Labute approximate surface area is 180 Å². The Morgan fingerprint density at radius 2 is 1.55 bits per heavy atom. The molecule has 31 heavy (non-hydrogen) atoms. The molecule has 0 heterocycles. The summed E-state index contributed by atoms with van der Waals surface area (Å²) in [7, 11) is 1.57. The number of benzene rings is 4. The molecule has 4 aromatic carbocycles. The van der Waals surface area contributed by atoms with Crippen LogP contribution in [0.4, 0.5) is 11.4 Å². The van der Waals surface area contributed by atoms with E-state index in [-0.39, 0.29) is 11.4 Å². The SMILES string of the molecule is COc1cc(O)ccc1N(Cc1ccc([N+](=O)[O-])cc1)Cc1ccc2ccccc2c1. The number of nitro groups is 1. The zero-order chi connectivity index (χ0) is 21.8. The average Bonchev–Trinajstić information content (AvgIpc) is 2.79. The van der Waals surface area contributed by atoms with Crippen molar-refractivity contribution in [2.75, 3.05) is 12.0 Å². The minimum absolute atomic E-state index is 0.0621. The molecule has 0 bridgehead atoms. The molecule has 6 nitrogen and oxygen atoms in total. The smallest absolute Gasteiger partial charge is 0.269 e. The molecule has 0 aromatic heterocycles. The van der Waals surface area contributed by atoms with Gasteiger partial charge in [0.05, 0.1) is 17.7 Å². The number of hydrogen-bond acceptors (Lipinski definition) is 5. The van der Waals surface area contributed by atoms with E-state index in [9.17, 15) is 15.2 Å². The number of phenolic OH excluding ortho intramolecular Hbond substituents is 1. The summed E-state index contributed by atoms with van der Waals surface area (Å²) in [6.07, 6.45) is 0. The van der Waals surface area contributed by atoms with Gasteiger partial charge in [0.25, 0.3) is 5.69 Å². The lowest BCUT2D eigenvalue weighted by Gasteiger charge is -2.27. The number of rotatable bonds is 7. The van der Waals surface area contributed by atoms with Crippen molar-refractivity contribution in [3.8, 4) is 11.5 Å². The van der Waals surface area contributed by atoms with Gasteiger partial charge in [-0.05, 0) is 40.1 Å². The van der Waals surface area contributed by atoms with Crippen molar-refractivity contribution in [1.82, 2.24) is 0 Å². The Kier molecular flexibility index (Phi) is 5.71. The maximum atomic E-state index is 11.0. The molecule has 0 aliphatic rings. The third-order valence-corrected chi connectivity index (χ3v) is 5.21. The van der Waals surface area contributed by atoms with Gasteiger partial charge in [-0.2, -0.15) is 0 Å². The maximum absolute atomic E-state index is 11.0. The monoisotopic (exact) mass is 414 g/mol. The van der Waals surface area contributed by atoms with Gasteiger partial charge in [-0.15, -0.1) is 0 Å². The molecule has 0 aliphatic carbocycles. The van der Waals surface area contributed by atoms with Crippen molar-refractivity contribution in [3.63, 3.8) is 0 Å². The summed E-state index contributed by atoms with van der Waals surface area (Å²) in [5.74, 6) is 0.685. The molecule has 0 spiro atoms. The first-order chi connectivity index (χ1) is 15.0. The zero-order valence-electron chi connectivity index (χ0n) is 17.1. The fraction of sp³-hybridized carbons (Fsp3) is 0.120. The quantitative estimate of drug-likeness (QED) is 0.311. The normalized spacial score (nSPS) is 10.7. The number of non-ortho nitro benzene ring substituents is 1. The van der Waals surface area contributed by atoms with E-state index in [0.29, 0.717) is 18.8 Å². The van der Waals surface area contributed by atoms with Crippen molar-refractivity contribution in [1.29, 1.82) is 0 Å². The molecule has 0 aliphatic heterocycles. The second kappa shape index (κ2) is 8.75. The first kappa shape index (κ1) is 20.2. The topological polar surface area (TPSA) is 75.8 Å². The van der Waals surface area contributed by atoms with E-state index in [1.165, 1.54) is 17.5 Å². The van der Waals surface area contributed by atoms with Gasteiger partial charge in [-0.25, -0.2) is 0 Å². The van der Waals surface area contributed by atoms with Gasteiger partial charge in [0.1, 0.15) is 11.5 Å². The van der Waals surface area contributed by atoms with Crippen molar-refractivity contribution in [2.24, 2.45) is 0 Å². The summed E-state index contributed by atoms with van der Waals surface area (Å²) in [5.41, 5.74) is 2.94. The molecule has 0 unspecified atom stereocenters. The average molecular weight is 414 g/mol. The number of nitrogens with zero attached hydrogens (tertiary/aromatic N) is 2. The first-order valence-corrected chi connectivity index (χ1v) is 9.86. The van der Waals surface area contributed by atoms with Crippen molar-refractivity contribution >= 4 is 22.1 Å². The minimum atomic E-state index is -0.403. The van der Waals surface area contributed by atoms with Crippen LogP contribution >= 0.6 is 0 Å². The molecular weight excluding hydrogens is 392 g/mol. The molecule has 0 atom stereocenters. The number of phenols is 1. The summed E-state index contributed by atoms with van der Waals surface area (Å²) in [4.78, 5) is 12.7.